The topological polar surface area (TPSA) is 27.7 Å². The number of hydrogen-bond donors (Lipinski definition) is 0. The second kappa shape index (κ2) is 15.0. The fraction of sp³-hybridized carbons (Fsp3) is 1.00. The molecule has 0 aliphatic heterocycles. The van der Waals surface area contributed by atoms with Gasteiger partial charge in [-0.25, -0.2) is 0 Å². The molecule has 0 fully saturated rings. The van der Waals surface area contributed by atoms with Gasteiger partial charge in [0.1, 0.15) is 5.60 Å². The Morgan fingerprint density at radius 2 is 1.16 bits per heavy atom. The van der Waals surface area contributed by atoms with Crippen molar-refractivity contribution in [1.29, 1.82) is 0 Å². The molecule has 0 spiro atoms. The number of methoxy groups -OCH3 is 1. The van der Waals surface area contributed by atoms with Gasteiger partial charge in [-0.05, 0) is 25.7 Å². The average molecular weight is 359 g/mol. The third-order valence-electron chi connectivity index (χ3n) is 5.22. The smallest absolute Gasteiger partial charge is 0.197 e. The van der Waals surface area contributed by atoms with Crippen LogP contribution in [0, 0.1) is 0 Å². The molecule has 0 N–H and O–H groups in total. The van der Waals surface area contributed by atoms with Gasteiger partial charge in [-0.3, -0.25) is 0 Å². The number of rotatable bonds is 18. The van der Waals surface area contributed by atoms with Crippen molar-refractivity contribution in [1.82, 2.24) is 0 Å². The monoisotopic (exact) mass is 358 g/mol. The van der Waals surface area contributed by atoms with E-state index in [4.69, 9.17) is 14.2 Å². The average Bonchev–Trinajstić information content (AvgIpc) is 2.64. The summed E-state index contributed by atoms with van der Waals surface area (Å²) in [7, 11) is 1.85. The first-order chi connectivity index (χ1) is 12.1. The Labute approximate surface area is 158 Å². The molecular formula is C22H46O3. The van der Waals surface area contributed by atoms with Crippen LogP contribution < -0.4 is 0 Å². The molecule has 3 heteroatoms. The molecular weight excluding hydrogens is 312 g/mol. The Morgan fingerprint density at radius 3 is 1.60 bits per heavy atom. The molecule has 0 rings (SSSR count). The Kier molecular flexibility index (Phi) is 14.9. The molecule has 0 aromatic rings. The predicted octanol–water partition coefficient (Wildman–Crippen LogP) is 6.88. The van der Waals surface area contributed by atoms with Crippen LogP contribution >= 0.6 is 0 Å². The maximum absolute atomic E-state index is 6.39. The SMILES string of the molecule is CCCCCCCCC(CCC)(OC)C(CC)(OCCC)OCCC. The van der Waals surface area contributed by atoms with Crippen LogP contribution in [-0.2, 0) is 14.2 Å². The van der Waals surface area contributed by atoms with Crippen molar-refractivity contribution < 1.29 is 14.2 Å². The van der Waals surface area contributed by atoms with Gasteiger partial charge in [0.15, 0.2) is 5.79 Å². The number of unbranched alkanes of at least 4 members (excludes halogenated alkanes) is 5. The Balaban J connectivity index is 5.18. The largest absolute Gasteiger partial charge is 0.373 e. The van der Waals surface area contributed by atoms with Crippen LogP contribution in [-0.4, -0.2) is 31.7 Å². The lowest BCUT2D eigenvalue weighted by molar-refractivity contribution is -0.333. The predicted molar refractivity (Wildman–Crippen MR) is 108 cm³/mol. The highest BCUT2D eigenvalue weighted by molar-refractivity contribution is 4.96. The molecule has 1 atom stereocenters. The van der Waals surface area contributed by atoms with E-state index >= 15 is 0 Å². The fourth-order valence-corrected chi connectivity index (χ4v) is 3.83. The molecule has 0 heterocycles. The first-order valence-corrected chi connectivity index (χ1v) is 10.9. The lowest BCUT2D eigenvalue weighted by Crippen LogP contribution is -2.59. The van der Waals surface area contributed by atoms with E-state index in [9.17, 15) is 0 Å². The van der Waals surface area contributed by atoms with E-state index in [1.807, 2.05) is 7.11 Å². The summed E-state index contributed by atoms with van der Waals surface area (Å²) < 4.78 is 19.0. The minimum atomic E-state index is -0.618. The Bertz CT molecular complexity index is 285. The molecule has 152 valence electrons. The van der Waals surface area contributed by atoms with Crippen LogP contribution in [0.4, 0.5) is 0 Å². The zero-order valence-electron chi connectivity index (χ0n) is 18.1. The summed E-state index contributed by atoms with van der Waals surface area (Å²) in [6, 6.07) is 0. The second-order valence-electron chi connectivity index (χ2n) is 7.27. The summed E-state index contributed by atoms with van der Waals surface area (Å²) >= 11 is 0. The summed E-state index contributed by atoms with van der Waals surface area (Å²) in [4.78, 5) is 0. The van der Waals surface area contributed by atoms with E-state index in [1.54, 1.807) is 0 Å². The van der Waals surface area contributed by atoms with Gasteiger partial charge in [0.25, 0.3) is 0 Å². The molecule has 0 radical (unpaired) electrons. The third kappa shape index (κ3) is 7.97. The summed E-state index contributed by atoms with van der Waals surface area (Å²) in [5, 5.41) is 0. The van der Waals surface area contributed by atoms with Crippen molar-refractivity contribution in [2.24, 2.45) is 0 Å². The summed E-state index contributed by atoms with van der Waals surface area (Å²) in [5.74, 6) is -0.618. The normalized spacial score (nSPS) is 14.6. The van der Waals surface area contributed by atoms with E-state index in [1.165, 1.54) is 38.5 Å². The van der Waals surface area contributed by atoms with Crippen molar-refractivity contribution in [3.8, 4) is 0 Å². The first kappa shape index (κ1) is 24.9. The standard InChI is InChI=1S/C22H46O3/c1-7-12-13-14-15-16-18-21(23-6,17-8-2)22(11-5,24-19-9-3)25-20-10-4/h7-20H2,1-6H3. The molecule has 0 aromatic heterocycles. The molecule has 0 aromatic carbocycles. The molecule has 0 bridgehead atoms. The summed E-state index contributed by atoms with van der Waals surface area (Å²) in [6.45, 7) is 12.4. The molecule has 3 nitrogen and oxygen atoms in total. The zero-order chi connectivity index (χ0) is 19.0. The minimum Gasteiger partial charge on any atom is -0.373 e. The summed E-state index contributed by atoms with van der Waals surface area (Å²) in [6.07, 6.45) is 13.7. The number of hydrogen-bond acceptors (Lipinski definition) is 3. The maximum atomic E-state index is 6.39. The van der Waals surface area contributed by atoms with Gasteiger partial charge in [0.05, 0.1) is 0 Å². The van der Waals surface area contributed by atoms with Crippen LogP contribution in [0.25, 0.3) is 0 Å². The van der Waals surface area contributed by atoms with Gasteiger partial charge in [-0.1, -0.05) is 79.6 Å². The molecule has 25 heavy (non-hydrogen) atoms. The van der Waals surface area contributed by atoms with Crippen molar-refractivity contribution >= 4 is 0 Å². The van der Waals surface area contributed by atoms with Crippen molar-refractivity contribution in [2.75, 3.05) is 20.3 Å². The lowest BCUT2D eigenvalue weighted by Gasteiger charge is -2.49. The highest BCUT2D eigenvalue weighted by Crippen LogP contribution is 2.42. The highest BCUT2D eigenvalue weighted by Gasteiger charge is 2.52. The second-order valence-corrected chi connectivity index (χ2v) is 7.27. The van der Waals surface area contributed by atoms with E-state index < -0.39 is 5.79 Å². The zero-order valence-corrected chi connectivity index (χ0v) is 18.1. The van der Waals surface area contributed by atoms with E-state index in [2.05, 4.69) is 34.6 Å². The molecule has 0 saturated heterocycles. The van der Waals surface area contributed by atoms with Gasteiger partial charge in [-0.2, -0.15) is 0 Å². The lowest BCUT2D eigenvalue weighted by atomic mass is 9.81. The first-order valence-electron chi connectivity index (χ1n) is 10.9. The molecule has 0 aliphatic carbocycles. The van der Waals surface area contributed by atoms with Crippen molar-refractivity contribution in [2.45, 2.75) is 123 Å². The van der Waals surface area contributed by atoms with Crippen LogP contribution in [0.15, 0.2) is 0 Å². The molecule has 0 aliphatic rings. The van der Waals surface area contributed by atoms with Gasteiger partial charge in [0.2, 0.25) is 0 Å². The van der Waals surface area contributed by atoms with E-state index in [0.717, 1.165) is 51.7 Å². The van der Waals surface area contributed by atoms with Crippen LogP contribution in [0.1, 0.15) is 112 Å². The van der Waals surface area contributed by atoms with Crippen LogP contribution in [0.3, 0.4) is 0 Å². The molecule has 0 amide bonds. The van der Waals surface area contributed by atoms with Gasteiger partial charge < -0.3 is 14.2 Å². The maximum Gasteiger partial charge on any atom is 0.197 e. The third-order valence-corrected chi connectivity index (χ3v) is 5.22. The summed E-state index contributed by atoms with van der Waals surface area (Å²) in [5.41, 5.74) is -0.342. The number of ether oxygens (including phenoxy) is 3. The van der Waals surface area contributed by atoms with Gasteiger partial charge in [-0.15, -0.1) is 0 Å². The molecule has 0 saturated carbocycles. The van der Waals surface area contributed by atoms with Gasteiger partial charge >= 0.3 is 0 Å². The van der Waals surface area contributed by atoms with E-state index in [-0.39, 0.29) is 5.60 Å². The molecule has 1 unspecified atom stereocenters. The minimum absolute atomic E-state index is 0.342. The van der Waals surface area contributed by atoms with Crippen LogP contribution in [0.2, 0.25) is 0 Å². The quantitative estimate of drug-likeness (QED) is 0.197. The van der Waals surface area contributed by atoms with Gasteiger partial charge in [0, 0.05) is 26.7 Å². The Morgan fingerprint density at radius 1 is 0.600 bits per heavy atom. The van der Waals surface area contributed by atoms with Crippen molar-refractivity contribution in [3.63, 3.8) is 0 Å². The van der Waals surface area contributed by atoms with Crippen molar-refractivity contribution in [3.05, 3.63) is 0 Å². The van der Waals surface area contributed by atoms with E-state index in [0.29, 0.717) is 0 Å². The van der Waals surface area contributed by atoms with Crippen LogP contribution in [0.5, 0.6) is 0 Å². The fourth-order valence-electron chi connectivity index (χ4n) is 3.83. The highest BCUT2D eigenvalue weighted by atomic mass is 16.7. The Hall–Kier alpha value is -0.120.